The number of ether oxygens (including phenoxy) is 1. The topological polar surface area (TPSA) is 87.7 Å². The van der Waals surface area contributed by atoms with Gasteiger partial charge in [-0.2, -0.15) is 0 Å². The van der Waals surface area contributed by atoms with Crippen LogP contribution in [-0.2, 0) is 9.53 Å². The number of hydrogen-bond acceptors (Lipinski definition) is 5. The summed E-state index contributed by atoms with van der Waals surface area (Å²) >= 11 is 0. The van der Waals surface area contributed by atoms with Gasteiger partial charge in [0.1, 0.15) is 11.3 Å². The lowest BCUT2D eigenvalue weighted by Crippen LogP contribution is -2.27. The number of phenolic OH excluding ortho intramolecular Hbond substituents is 1. The standard InChI is InChI=1S/C16H24N2O4/c1-4-9-22-16(21)13-6-5-12(10-14(13)19)18-15(20)7-8-17-11(2)3/h5-6,10-11,17,19H,4,7-9H2,1-3H3,(H,18,20). The van der Waals surface area contributed by atoms with E-state index in [9.17, 15) is 14.7 Å². The molecule has 0 radical (unpaired) electrons. The van der Waals surface area contributed by atoms with E-state index >= 15 is 0 Å². The first-order chi connectivity index (χ1) is 10.4. The summed E-state index contributed by atoms with van der Waals surface area (Å²) in [7, 11) is 0. The van der Waals surface area contributed by atoms with Gasteiger partial charge in [0.2, 0.25) is 5.91 Å². The summed E-state index contributed by atoms with van der Waals surface area (Å²) in [6, 6.07) is 4.67. The van der Waals surface area contributed by atoms with Crippen molar-refractivity contribution in [3.8, 4) is 5.75 Å². The molecule has 0 fully saturated rings. The number of esters is 1. The largest absolute Gasteiger partial charge is 0.507 e. The molecule has 0 aliphatic heterocycles. The highest BCUT2D eigenvalue weighted by Crippen LogP contribution is 2.23. The summed E-state index contributed by atoms with van der Waals surface area (Å²) in [5.74, 6) is -0.938. The van der Waals surface area contributed by atoms with E-state index in [0.29, 0.717) is 37.7 Å². The van der Waals surface area contributed by atoms with Crippen LogP contribution in [0.15, 0.2) is 18.2 Å². The fourth-order valence-corrected chi connectivity index (χ4v) is 1.75. The molecular formula is C16H24N2O4. The number of rotatable bonds is 8. The van der Waals surface area contributed by atoms with Crippen LogP contribution >= 0.6 is 0 Å². The zero-order chi connectivity index (χ0) is 16.5. The first-order valence-corrected chi connectivity index (χ1v) is 7.47. The molecule has 0 heterocycles. The minimum Gasteiger partial charge on any atom is -0.507 e. The maximum Gasteiger partial charge on any atom is 0.341 e. The Hall–Kier alpha value is -2.08. The van der Waals surface area contributed by atoms with Gasteiger partial charge in [0, 0.05) is 30.8 Å². The average Bonchev–Trinajstić information content (AvgIpc) is 2.44. The molecule has 0 spiro atoms. The number of carbonyl (C=O) groups excluding carboxylic acids is 2. The van der Waals surface area contributed by atoms with Crippen LogP contribution in [-0.4, -0.2) is 36.2 Å². The molecule has 0 atom stereocenters. The van der Waals surface area contributed by atoms with Crippen LogP contribution in [0.5, 0.6) is 5.75 Å². The van der Waals surface area contributed by atoms with Gasteiger partial charge >= 0.3 is 5.97 Å². The lowest BCUT2D eigenvalue weighted by atomic mass is 10.2. The van der Waals surface area contributed by atoms with Gasteiger partial charge < -0.3 is 20.5 Å². The van der Waals surface area contributed by atoms with Crippen LogP contribution < -0.4 is 10.6 Å². The maximum absolute atomic E-state index is 11.7. The molecule has 0 bridgehead atoms. The average molecular weight is 308 g/mol. The zero-order valence-corrected chi connectivity index (χ0v) is 13.3. The van der Waals surface area contributed by atoms with Crippen molar-refractivity contribution >= 4 is 17.6 Å². The third kappa shape index (κ3) is 6.13. The minimum absolute atomic E-state index is 0.0907. The van der Waals surface area contributed by atoms with E-state index < -0.39 is 5.97 Å². The Morgan fingerprint density at radius 3 is 2.64 bits per heavy atom. The second-order valence-corrected chi connectivity index (χ2v) is 5.27. The molecule has 0 aromatic heterocycles. The molecular weight excluding hydrogens is 284 g/mol. The summed E-state index contributed by atoms with van der Waals surface area (Å²) in [6.07, 6.45) is 1.05. The minimum atomic E-state index is -0.571. The highest BCUT2D eigenvalue weighted by atomic mass is 16.5. The van der Waals surface area contributed by atoms with Crippen molar-refractivity contribution in [2.24, 2.45) is 0 Å². The zero-order valence-electron chi connectivity index (χ0n) is 13.3. The molecule has 0 unspecified atom stereocenters. The summed E-state index contributed by atoms with van der Waals surface area (Å²) in [5, 5.41) is 15.7. The van der Waals surface area contributed by atoms with E-state index in [-0.39, 0.29) is 17.2 Å². The number of anilines is 1. The first-order valence-electron chi connectivity index (χ1n) is 7.47. The van der Waals surface area contributed by atoms with Crippen molar-refractivity contribution in [1.29, 1.82) is 0 Å². The Morgan fingerprint density at radius 1 is 1.32 bits per heavy atom. The van der Waals surface area contributed by atoms with Crippen molar-refractivity contribution in [1.82, 2.24) is 5.32 Å². The molecule has 0 saturated carbocycles. The van der Waals surface area contributed by atoms with Crippen molar-refractivity contribution in [2.75, 3.05) is 18.5 Å². The van der Waals surface area contributed by atoms with E-state index in [2.05, 4.69) is 10.6 Å². The maximum atomic E-state index is 11.7. The number of carbonyl (C=O) groups is 2. The molecule has 0 aliphatic rings. The van der Waals surface area contributed by atoms with Gasteiger partial charge in [0.25, 0.3) is 0 Å². The molecule has 3 N–H and O–H groups in total. The van der Waals surface area contributed by atoms with Crippen molar-refractivity contribution in [3.05, 3.63) is 23.8 Å². The van der Waals surface area contributed by atoms with Gasteiger partial charge in [-0.25, -0.2) is 4.79 Å². The van der Waals surface area contributed by atoms with Gasteiger partial charge in [0.15, 0.2) is 0 Å². The van der Waals surface area contributed by atoms with Crippen LogP contribution in [0.3, 0.4) is 0 Å². The normalized spacial score (nSPS) is 10.5. The highest BCUT2D eigenvalue weighted by molar-refractivity contribution is 5.95. The monoisotopic (exact) mass is 308 g/mol. The Bertz CT molecular complexity index is 515. The van der Waals surface area contributed by atoms with Gasteiger partial charge in [-0.15, -0.1) is 0 Å². The molecule has 0 saturated heterocycles. The van der Waals surface area contributed by atoms with Crippen LogP contribution in [0.25, 0.3) is 0 Å². The van der Waals surface area contributed by atoms with Gasteiger partial charge in [-0.3, -0.25) is 4.79 Å². The van der Waals surface area contributed by atoms with E-state index in [4.69, 9.17) is 4.74 Å². The number of amides is 1. The number of benzene rings is 1. The molecule has 1 aromatic carbocycles. The molecule has 22 heavy (non-hydrogen) atoms. The second-order valence-electron chi connectivity index (χ2n) is 5.27. The Morgan fingerprint density at radius 2 is 2.05 bits per heavy atom. The van der Waals surface area contributed by atoms with Crippen molar-refractivity contribution in [3.63, 3.8) is 0 Å². The van der Waals surface area contributed by atoms with E-state index in [1.807, 2.05) is 20.8 Å². The Labute approximate surface area is 130 Å². The summed E-state index contributed by atoms with van der Waals surface area (Å²) in [5.41, 5.74) is 0.534. The van der Waals surface area contributed by atoms with Crippen molar-refractivity contribution in [2.45, 2.75) is 39.7 Å². The van der Waals surface area contributed by atoms with Gasteiger partial charge in [0.05, 0.1) is 6.61 Å². The molecule has 6 nitrogen and oxygen atoms in total. The number of aromatic hydroxyl groups is 1. The number of nitrogens with one attached hydrogen (secondary N) is 2. The molecule has 122 valence electrons. The molecule has 1 rings (SSSR count). The summed E-state index contributed by atoms with van der Waals surface area (Å²) in [4.78, 5) is 23.4. The van der Waals surface area contributed by atoms with E-state index in [1.165, 1.54) is 12.1 Å². The van der Waals surface area contributed by atoms with Gasteiger partial charge in [-0.1, -0.05) is 20.8 Å². The molecule has 1 amide bonds. The number of hydrogen-bond donors (Lipinski definition) is 3. The lowest BCUT2D eigenvalue weighted by Gasteiger charge is -2.10. The Kier molecular flexibility index (Phi) is 7.39. The quantitative estimate of drug-likeness (QED) is 0.641. The summed E-state index contributed by atoms with van der Waals surface area (Å²) in [6.45, 7) is 6.79. The van der Waals surface area contributed by atoms with Crippen LogP contribution in [0.4, 0.5) is 5.69 Å². The number of phenols is 1. The van der Waals surface area contributed by atoms with Crippen LogP contribution in [0.2, 0.25) is 0 Å². The SMILES string of the molecule is CCCOC(=O)c1ccc(NC(=O)CCNC(C)C)cc1O. The third-order valence-corrected chi connectivity index (χ3v) is 2.84. The van der Waals surface area contributed by atoms with Crippen LogP contribution in [0, 0.1) is 0 Å². The molecule has 0 aliphatic carbocycles. The molecule has 1 aromatic rings. The van der Waals surface area contributed by atoms with Crippen molar-refractivity contribution < 1.29 is 19.4 Å². The fraction of sp³-hybridized carbons (Fsp3) is 0.500. The second kappa shape index (κ2) is 9.04. The first kappa shape index (κ1) is 18.0. The van der Waals surface area contributed by atoms with E-state index in [1.54, 1.807) is 6.07 Å². The smallest absolute Gasteiger partial charge is 0.341 e. The molecule has 6 heteroatoms. The predicted octanol–water partition coefficient (Wildman–Crippen LogP) is 2.29. The highest BCUT2D eigenvalue weighted by Gasteiger charge is 2.13. The van der Waals surface area contributed by atoms with Crippen LogP contribution in [0.1, 0.15) is 44.0 Å². The fourth-order valence-electron chi connectivity index (χ4n) is 1.75. The lowest BCUT2D eigenvalue weighted by molar-refractivity contribution is -0.116. The van der Waals surface area contributed by atoms with E-state index in [0.717, 1.165) is 0 Å². The third-order valence-electron chi connectivity index (χ3n) is 2.84. The Balaban J connectivity index is 2.57. The predicted molar refractivity (Wildman–Crippen MR) is 85.1 cm³/mol. The summed E-state index contributed by atoms with van der Waals surface area (Å²) < 4.78 is 4.96. The van der Waals surface area contributed by atoms with Gasteiger partial charge in [-0.05, 0) is 18.6 Å².